The predicted octanol–water partition coefficient (Wildman–Crippen LogP) is 3.52. The Morgan fingerprint density at radius 3 is 3.00 bits per heavy atom. The van der Waals surface area contributed by atoms with Gasteiger partial charge < -0.3 is 10.4 Å². The number of fused-ring (bicyclic) bond motifs is 1. The third-order valence-electron chi connectivity index (χ3n) is 4.74. The van der Waals surface area contributed by atoms with Crippen LogP contribution in [-0.2, 0) is 0 Å². The number of nitriles is 1. The molecule has 23 heavy (non-hydrogen) atoms. The molecule has 3 rings (SSSR count). The van der Waals surface area contributed by atoms with E-state index in [0.29, 0.717) is 28.1 Å². The molecule has 5 heteroatoms. The predicted molar refractivity (Wildman–Crippen MR) is 87.6 cm³/mol. The lowest BCUT2D eigenvalue weighted by Crippen LogP contribution is -2.25. The molecular formula is C18H20FN3O. The second-order valence-electron chi connectivity index (χ2n) is 6.23. The highest BCUT2D eigenvalue weighted by Crippen LogP contribution is 2.35. The summed E-state index contributed by atoms with van der Waals surface area (Å²) in [5, 5.41) is 22.7. The number of halogens is 1. The lowest BCUT2D eigenvalue weighted by molar-refractivity contribution is 0.254. The summed E-state index contributed by atoms with van der Waals surface area (Å²) in [7, 11) is 0. The molecule has 1 aliphatic rings. The maximum atomic E-state index is 13.9. The number of nitrogens with one attached hydrogen (secondary N) is 1. The van der Waals surface area contributed by atoms with Gasteiger partial charge in [0, 0.05) is 24.2 Å². The van der Waals surface area contributed by atoms with E-state index in [1.54, 1.807) is 6.20 Å². The number of aliphatic hydroxyl groups excluding tert-OH is 1. The van der Waals surface area contributed by atoms with Gasteiger partial charge in [-0.15, -0.1) is 0 Å². The molecule has 1 aromatic heterocycles. The maximum Gasteiger partial charge on any atom is 0.124 e. The molecule has 1 fully saturated rings. The summed E-state index contributed by atoms with van der Waals surface area (Å²) in [6, 6.07) is 5.24. The number of aryl methyl sites for hydroxylation is 1. The number of nitrogens with zero attached hydrogens (tertiary/aromatic N) is 2. The van der Waals surface area contributed by atoms with Gasteiger partial charge in [-0.2, -0.15) is 5.26 Å². The molecule has 2 N–H and O–H groups in total. The van der Waals surface area contributed by atoms with Crippen LogP contribution in [0.15, 0.2) is 18.3 Å². The fourth-order valence-corrected chi connectivity index (χ4v) is 3.60. The van der Waals surface area contributed by atoms with Crippen LogP contribution >= 0.6 is 0 Å². The van der Waals surface area contributed by atoms with Crippen LogP contribution in [0.4, 0.5) is 10.1 Å². The molecular weight excluding hydrogens is 293 g/mol. The fourth-order valence-electron chi connectivity index (χ4n) is 3.60. The van der Waals surface area contributed by atoms with Crippen LogP contribution in [0.3, 0.4) is 0 Å². The number of benzene rings is 1. The summed E-state index contributed by atoms with van der Waals surface area (Å²) in [6.07, 6.45) is 5.45. The first-order chi connectivity index (χ1) is 11.1. The first kappa shape index (κ1) is 15.7. The van der Waals surface area contributed by atoms with E-state index < -0.39 is 0 Å². The van der Waals surface area contributed by atoms with Crippen molar-refractivity contribution in [2.75, 3.05) is 11.9 Å². The summed E-state index contributed by atoms with van der Waals surface area (Å²) in [4.78, 5) is 4.31. The van der Waals surface area contributed by atoms with Crippen LogP contribution in [0.5, 0.6) is 0 Å². The number of hydrogen-bond acceptors (Lipinski definition) is 4. The van der Waals surface area contributed by atoms with Gasteiger partial charge in [-0.1, -0.05) is 6.42 Å². The average molecular weight is 313 g/mol. The van der Waals surface area contributed by atoms with Gasteiger partial charge in [0.1, 0.15) is 11.9 Å². The van der Waals surface area contributed by atoms with Gasteiger partial charge in [-0.05, 0) is 49.8 Å². The Kier molecular flexibility index (Phi) is 4.44. The van der Waals surface area contributed by atoms with Crippen LogP contribution in [0.1, 0.15) is 36.8 Å². The molecule has 1 aromatic carbocycles. The first-order valence-corrected chi connectivity index (χ1v) is 8.00. The molecule has 4 nitrogen and oxygen atoms in total. The highest BCUT2D eigenvalue weighted by atomic mass is 19.1. The van der Waals surface area contributed by atoms with Crippen molar-refractivity contribution in [3.05, 3.63) is 35.3 Å². The van der Waals surface area contributed by atoms with E-state index in [2.05, 4.69) is 16.4 Å². The molecule has 1 saturated carbocycles. The Labute approximate surface area is 135 Å². The number of aliphatic hydroxyl groups is 1. The molecule has 2 atom stereocenters. The normalized spacial score (nSPS) is 20.6. The molecule has 0 saturated heterocycles. The number of anilines is 1. The van der Waals surface area contributed by atoms with Gasteiger partial charge in [0.25, 0.3) is 0 Å². The second-order valence-corrected chi connectivity index (χ2v) is 6.23. The van der Waals surface area contributed by atoms with Crippen LogP contribution in [0.25, 0.3) is 10.9 Å². The van der Waals surface area contributed by atoms with Crippen LogP contribution in [0.2, 0.25) is 0 Å². The van der Waals surface area contributed by atoms with Crippen molar-refractivity contribution in [2.45, 2.75) is 38.6 Å². The molecule has 0 radical (unpaired) electrons. The Bertz CT molecular complexity index is 769. The van der Waals surface area contributed by atoms with Crippen molar-refractivity contribution in [3.63, 3.8) is 0 Å². The van der Waals surface area contributed by atoms with E-state index in [9.17, 15) is 14.8 Å². The van der Waals surface area contributed by atoms with Crippen LogP contribution < -0.4 is 5.32 Å². The summed E-state index contributed by atoms with van der Waals surface area (Å²) in [5.74, 6) is 0.0534. The largest absolute Gasteiger partial charge is 0.396 e. The van der Waals surface area contributed by atoms with Crippen molar-refractivity contribution in [1.82, 2.24) is 4.98 Å². The van der Waals surface area contributed by atoms with Crippen molar-refractivity contribution < 1.29 is 9.50 Å². The summed E-state index contributed by atoms with van der Waals surface area (Å²) in [6.45, 7) is 1.98. The summed E-state index contributed by atoms with van der Waals surface area (Å²) < 4.78 is 13.9. The number of aromatic nitrogens is 1. The quantitative estimate of drug-likeness (QED) is 0.906. The Balaban J connectivity index is 2.06. The molecule has 2 aromatic rings. The molecule has 120 valence electrons. The zero-order valence-electron chi connectivity index (χ0n) is 13.1. The minimum absolute atomic E-state index is 0.165. The van der Waals surface area contributed by atoms with E-state index in [4.69, 9.17) is 0 Å². The van der Waals surface area contributed by atoms with Crippen molar-refractivity contribution in [3.8, 4) is 6.07 Å². The van der Waals surface area contributed by atoms with Gasteiger partial charge in [0.15, 0.2) is 0 Å². The molecule has 0 spiro atoms. The van der Waals surface area contributed by atoms with Crippen molar-refractivity contribution >= 4 is 16.6 Å². The minimum Gasteiger partial charge on any atom is -0.396 e. The van der Waals surface area contributed by atoms with E-state index in [-0.39, 0.29) is 18.5 Å². The minimum atomic E-state index is -0.326. The fraction of sp³-hybridized carbons (Fsp3) is 0.444. The number of hydrogen-bond donors (Lipinski definition) is 2. The topological polar surface area (TPSA) is 68.9 Å². The highest BCUT2D eigenvalue weighted by Gasteiger charge is 2.28. The van der Waals surface area contributed by atoms with Gasteiger partial charge >= 0.3 is 0 Å². The SMILES string of the molecule is Cc1cc(F)cc2c(NC3CCCC3CCO)c(C#N)cnc12. The Hall–Kier alpha value is -2.19. The maximum absolute atomic E-state index is 13.9. The van der Waals surface area contributed by atoms with E-state index >= 15 is 0 Å². The van der Waals surface area contributed by atoms with Crippen molar-refractivity contribution in [2.24, 2.45) is 5.92 Å². The molecule has 0 aliphatic heterocycles. The van der Waals surface area contributed by atoms with E-state index in [0.717, 1.165) is 31.2 Å². The molecule has 1 heterocycles. The summed E-state index contributed by atoms with van der Waals surface area (Å²) >= 11 is 0. The van der Waals surface area contributed by atoms with E-state index in [1.807, 2.05) is 6.92 Å². The van der Waals surface area contributed by atoms with Crippen LogP contribution in [-0.4, -0.2) is 22.7 Å². The molecule has 0 bridgehead atoms. The smallest absolute Gasteiger partial charge is 0.124 e. The van der Waals surface area contributed by atoms with Crippen molar-refractivity contribution in [1.29, 1.82) is 5.26 Å². The monoisotopic (exact) mass is 313 g/mol. The van der Waals surface area contributed by atoms with Gasteiger partial charge in [-0.3, -0.25) is 4.98 Å². The number of rotatable bonds is 4. The molecule has 0 amide bonds. The number of pyridine rings is 1. The first-order valence-electron chi connectivity index (χ1n) is 8.00. The standard InChI is InChI=1S/C18H20FN3O/c1-11-7-14(19)8-15-17(11)21-10-13(9-20)18(15)22-16-4-2-3-12(16)5-6-23/h7-8,10,12,16,23H,2-6H2,1H3,(H,21,22). The summed E-state index contributed by atoms with van der Waals surface area (Å²) in [5.41, 5.74) is 2.56. The third-order valence-corrected chi connectivity index (χ3v) is 4.74. The van der Waals surface area contributed by atoms with Gasteiger partial charge in [0.2, 0.25) is 0 Å². The highest BCUT2D eigenvalue weighted by molar-refractivity contribution is 5.95. The molecule has 2 unspecified atom stereocenters. The lowest BCUT2D eigenvalue weighted by atomic mass is 9.98. The van der Waals surface area contributed by atoms with Gasteiger partial charge in [-0.25, -0.2) is 4.39 Å². The lowest BCUT2D eigenvalue weighted by Gasteiger charge is -2.23. The average Bonchev–Trinajstić information content (AvgIpc) is 2.95. The third kappa shape index (κ3) is 2.99. The van der Waals surface area contributed by atoms with Crippen LogP contribution in [0, 0.1) is 30.0 Å². The Morgan fingerprint density at radius 2 is 2.26 bits per heavy atom. The molecule has 1 aliphatic carbocycles. The zero-order valence-corrected chi connectivity index (χ0v) is 13.1. The second kappa shape index (κ2) is 6.51. The zero-order chi connectivity index (χ0) is 16.4. The Morgan fingerprint density at radius 1 is 1.43 bits per heavy atom. The van der Waals surface area contributed by atoms with E-state index in [1.165, 1.54) is 12.1 Å². The van der Waals surface area contributed by atoms with Gasteiger partial charge in [0.05, 0.1) is 16.8 Å².